The lowest BCUT2D eigenvalue weighted by atomic mass is 10.2. The summed E-state index contributed by atoms with van der Waals surface area (Å²) in [6.07, 6.45) is -3.59. The Bertz CT molecular complexity index is 954. The second-order valence-electron chi connectivity index (χ2n) is 6.31. The molecule has 3 aromatic rings. The minimum Gasteiger partial charge on any atom is -0.355 e. The Morgan fingerprint density at radius 1 is 1.18 bits per heavy atom. The smallest absolute Gasteiger partial charge is 0.355 e. The predicted molar refractivity (Wildman–Crippen MR) is 104 cm³/mol. The average Bonchev–Trinajstić information content (AvgIpc) is 3.01. The standard InChI is InChI=1S/C20H20F3N3OS/c1-2-10-24-18(27)13-28-19-25-16-11-15(20(21,22)23)8-9-17(16)26(19)12-14-6-4-3-5-7-14/h3-9,11H,2,10,12-13H2,1H3,(H,24,27). The van der Waals surface area contributed by atoms with Gasteiger partial charge in [0, 0.05) is 6.54 Å². The van der Waals surface area contributed by atoms with Gasteiger partial charge in [-0.3, -0.25) is 4.79 Å². The van der Waals surface area contributed by atoms with Crippen LogP contribution in [0.2, 0.25) is 0 Å². The quantitative estimate of drug-likeness (QED) is 0.577. The molecular formula is C20H20F3N3OS. The van der Waals surface area contributed by atoms with Crippen LogP contribution < -0.4 is 5.32 Å². The highest BCUT2D eigenvalue weighted by atomic mass is 32.2. The summed E-state index contributed by atoms with van der Waals surface area (Å²) in [6, 6.07) is 13.2. The first-order chi connectivity index (χ1) is 13.4. The Morgan fingerprint density at radius 3 is 2.61 bits per heavy atom. The van der Waals surface area contributed by atoms with Gasteiger partial charge in [-0.1, -0.05) is 49.0 Å². The van der Waals surface area contributed by atoms with Crippen LogP contribution >= 0.6 is 11.8 Å². The van der Waals surface area contributed by atoms with Crippen LogP contribution in [0.5, 0.6) is 0 Å². The van der Waals surface area contributed by atoms with E-state index in [4.69, 9.17) is 0 Å². The molecule has 0 atom stereocenters. The van der Waals surface area contributed by atoms with Crippen molar-refractivity contribution in [2.45, 2.75) is 31.2 Å². The number of nitrogens with one attached hydrogen (secondary N) is 1. The fourth-order valence-electron chi connectivity index (χ4n) is 2.76. The number of fused-ring (bicyclic) bond motifs is 1. The predicted octanol–water partition coefficient (Wildman–Crippen LogP) is 4.72. The molecule has 1 N–H and O–H groups in total. The van der Waals surface area contributed by atoms with Crippen LogP contribution in [0.25, 0.3) is 11.0 Å². The van der Waals surface area contributed by atoms with E-state index in [1.165, 1.54) is 17.8 Å². The largest absolute Gasteiger partial charge is 0.416 e. The summed E-state index contributed by atoms with van der Waals surface area (Å²) in [5.74, 6) is 0.0330. The van der Waals surface area contributed by atoms with E-state index < -0.39 is 11.7 Å². The van der Waals surface area contributed by atoms with Crippen molar-refractivity contribution in [1.29, 1.82) is 0 Å². The van der Waals surface area contributed by atoms with Gasteiger partial charge in [0.05, 0.1) is 28.9 Å². The van der Waals surface area contributed by atoms with Crippen LogP contribution in [0.1, 0.15) is 24.5 Å². The molecule has 28 heavy (non-hydrogen) atoms. The maximum atomic E-state index is 13.0. The van der Waals surface area contributed by atoms with E-state index in [2.05, 4.69) is 10.3 Å². The second-order valence-corrected chi connectivity index (χ2v) is 7.25. The van der Waals surface area contributed by atoms with Crippen molar-refractivity contribution in [2.75, 3.05) is 12.3 Å². The molecule has 1 heterocycles. The molecule has 8 heteroatoms. The third-order valence-corrected chi connectivity index (χ3v) is 5.10. The molecular weight excluding hydrogens is 387 g/mol. The summed E-state index contributed by atoms with van der Waals surface area (Å²) in [4.78, 5) is 16.3. The van der Waals surface area contributed by atoms with Gasteiger partial charge in [0.2, 0.25) is 5.91 Å². The van der Waals surface area contributed by atoms with Crippen LogP contribution in [0.3, 0.4) is 0 Å². The highest BCUT2D eigenvalue weighted by molar-refractivity contribution is 7.99. The van der Waals surface area contributed by atoms with E-state index in [1.807, 2.05) is 41.8 Å². The Balaban J connectivity index is 1.94. The van der Waals surface area contributed by atoms with Crippen LogP contribution in [0.15, 0.2) is 53.7 Å². The molecule has 3 rings (SSSR count). The third kappa shape index (κ3) is 4.86. The Hall–Kier alpha value is -2.48. The van der Waals surface area contributed by atoms with Gasteiger partial charge in [-0.25, -0.2) is 4.98 Å². The first-order valence-electron chi connectivity index (χ1n) is 8.89. The molecule has 148 valence electrons. The number of alkyl halides is 3. The van der Waals surface area contributed by atoms with Crippen molar-refractivity contribution in [2.24, 2.45) is 0 Å². The molecule has 0 radical (unpaired) electrons. The zero-order valence-corrected chi connectivity index (χ0v) is 16.1. The van der Waals surface area contributed by atoms with Gasteiger partial charge < -0.3 is 9.88 Å². The lowest BCUT2D eigenvalue weighted by Gasteiger charge is -2.10. The lowest BCUT2D eigenvalue weighted by Crippen LogP contribution is -2.25. The highest BCUT2D eigenvalue weighted by Crippen LogP contribution is 2.33. The number of halogens is 3. The van der Waals surface area contributed by atoms with E-state index in [1.54, 1.807) is 0 Å². The van der Waals surface area contributed by atoms with Crippen LogP contribution in [0.4, 0.5) is 13.2 Å². The Morgan fingerprint density at radius 2 is 1.93 bits per heavy atom. The number of benzene rings is 2. The molecule has 0 aliphatic carbocycles. The number of aromatic nitrogens is 2. The van der Waals surface area contributed by atoms with Crippen molar-refractivity contribution in [3.8, 4) is 0 Å². The molecule has 1 aromatic heterocycles. The van der Waals surface area contributed by atoms with Gasteiger partial charge in [-0.15, -0.1) is 0 Å². The maximum absolute atomic E-state index is 13.0. The number of hydrogen-bond acceptors (Lipinski definition) is 3. The molecule has 0 aliphatic rings. The summed E-state index contributed by atoms with van der Waals surface area (Å²) in [6.45, 7) is 3.02. The fraction of sp³-hybridized carbons (Fsp3) is 0.300. The lowest BCUT2D eigenvalue weighted by molar-refractivity contribution is -0.137. The van der Waals surface area contributed by atoms with Crippen molar-refractivity contribution in [3.63, 3.8) is 0 Å². The number of carbonyl (C=O) groups excluding carboxylic acids is 1. The Kier molecular flexibility index (Phi) is 6.28. The minimum atomic E-state index is -4.43. The van der Waals surface area contributed by atoms with Gasteiger partial charge >= 0.3 is 6.18 Å². The summed E-state index contributed by atoms with van der Waals surface area (Å²) in [5.41, 5.74) is 1.14. The monoisotopic (exact) mass is 407 g/mol. The van der Waals surface area contributed by atoms with Crippen molar-refractivity contribution >= 4 is 28.7 Å². The number of amides is 1. The van der Waals surface area contributed by atoms with Crippen LogP contribution in [-0.2, 0) is 17.5 Å². The zero-order valence-electron chi connectivity index (χ0n) is 15.3. The molecule has 0 bridgehead atoms. The normalized spacial score (nSPS) is 11.7. The highest BCUT2D eigenvalue weighted by Gasteiger charge is 2.31. The van der Waals surface area contributed by atoms with E-state index in [0.717, 1.165) is 24.1 Å². The zero-order chi connectivity index (χ0) is 20.1. The topological polar surface area (TPSA) is 46.9 Å². The second kappa shape index (κ2) is 8.68. The summed E-state index contributed by atoms with van der Waals surface area (Å²) >= 11 is 1.22. The molecule has 2 aromatic carbocycles. The van der Waals surface area contributed by atoms with Crippen molar-refractivity contribution < 1.29 is 18.0 Å². The number of rotatable bonds is 7. The summed E-state index contributed by atoms with van der Waals surface area (Å²) in [5, 5.41) is 3.31. The minimum absolute atomic E-state index is 0.124. The fourth-order valence-corrected chi connectivity index (χ4v) is 3.60. The number of nitrogens with zero attached hydrogens (tertiary/aromatic N) is 2. The van der Waals surface area contributed by atoms with Crippen molar-refractivity contribution in [1.82, 2.24) is 14.9 Å². The van der Waals surface area contributed by atoms with Gasteiger partial charge in [-0.05, 0) is 30.2 Å². The van der Waals surface area contributed by atoms with E-state index in [0.29, 0.717) is 23.8 Å². The van der Waals surface area contributed by atoms with Crippen LogP contribution in [0, 0.1) is 0 Å². The molecule has 0 spiro atoms. The SMILES string of the molecule is CCCNC(=O)CSc1nc2cc(C(F)(F)F)ccc2n1Cc1ccccc1. The molecule has 0 unspecified atom stereocenters. The van der Waals surface area contributed by atoms with Gasteiger partial charge in [-0.2, -0.15) is 13.2 Å². The van der Waals surface area contributed by atoms with Crippen LogP contribution in [-0.4, -0.2) is 27.8 Å². The number of hydrogen-bond donors (Lipinski definition) is 1. The average molecular weight is 407 g/mol. The van der Waals surface area contributed by atoms with Gasteiger partial charge in [0.25, 0.3) is 0 Å². The molecule has 0 saturated heterocycles. The molecule has 0 fully saturated rings. The molecule has 0 saturated carbocycles. The number of thioether (sulfide) groups is 1. The number of carbonyl (C=O) groups is 1. The first-order valence-corrected chi connectivity index (χ1v) is 9.88. The van der Waals surface area contributed by atoms with Gasteiger partial charge in [0.15, 0.2) is 5.16 Å². The maximum Gasteiger partial charge on any atom is 0.416 e. The number of imidazole rings is 1. The summed E-state index contributed by atoms with van der Waals surface area (Å²) < 4.78 is 41.0. The Labute approximate surface area is 165 Å². The third-order valence-electron chi connectivity index (χ3n) is 4.13. The molecule has 1 amide bonds. The summed E-state index contributed by atoms with van der Waals surface area (Å²) in [7, 11) is 0. The van der Waals surface area contributed by atoms with E-state index >= 15 is 0 Å². The van der Waals surface area contributed by atoms with Gasteiger partial charge in [0.1, 0.15) is 0 Å². The molecule has 0 aliphatic heterocycles. The first kappa shape index (κ1) is 20.3. The van der Waals surface area contributed by atoms with Crippen molar-refractivity contribution in [3.05, 3.63) is 59.7 Å². The van der Waals surface area contributed by atoms with E-state index in [9.17, 15) is 18.0 Å². The molecule has 4 nitrogen and oxygen atoms in total. The van der Waals surface area contributed by atoms with E-state index in [-0.39, 0.29) is 17.2 Å².